The van der Waals surface area contributed by atoms with Crippen molar-refractivity contribution in [3.8, 4) is 0 Å². The van der Waals surface area contributed by atoms with Gasteiger partial charge in [0.2, 0.25) is 0 Å². The highest BCUT2D eigenvalue weighted by Gasteiger charge is 2.13. The zero-order valence-corrected chi connectivity index (χ0v) is 12.7. The lowest BCUT2D eigenvalue weighted by Crippen LogP contribution is -2.14. The predicted octanol–water partition coefficient (Wildman–Crippen LogP) is 3.09. The quantitative estimate of drug-likeness (QED) is 0.909. The summed E-state index contributed by atoms with van der Waals surface area (Å²) in [6.07, 6.45) is 1.60. The summed E-state index contributed by atoms with van der Waals surface area (Å²) in [5.41, 5.74) is 8.90. The standard InChI is InChI=1S/C17H21N3O/c1-17(2,3)13-4-6-14(7-5-13)20-16(21)12-8-9-19-15(10-12)11-18/h4-10H,11,18H2,1-3H3,(H,20,21). The van der Waals surface area contributed by atoms with E-state index < -0.39 is 0 Å². The molecule has 21 heavy (non-hydrogen) atoms. The number of benzene rings is 1. The Morgan fingerprint density at radius 2 is 1.86 bits per heavy atom. The number of amides is 1. The van der Waals surface area contributed by atoms with E-state index in [2.05, 4.69) is 31.1 Å². The largest absolute Gasteiger partial charge is 0.325 e. The van der Waals surface area contributed by atoms with Gasteiger partial charge in [-0.25, -0.2) is 0 Å². The monoisotopic (exact) mass is 283 g/mol. The predicted molar refractivity (Wildman–Crippen MR) is 85.2 cm³/mol. The van der Waals surface area contributed by atoms with Gasteiger partial charge in [0.1, 0.15) is 0 Å². The van der Waals surface area contributed by atoms with E-state index in [-0.39, 0.29) is 11.3 Å². The van der Waals surface area contributed by atoms with Crippen molar-refractivity contribution < 1.29 is 4.79 Å². The number of carbonyl (C=O) groups excluding carboxylic acids is 1. The molecule has 0 saturated carbocycles. The molecule has 1 amide bonds. The Balaban J connectivity index is 2.12. The molecule has 0 aliphatic heterocycles. The highest BCUT2D eigenvalue weighted by Crippen LogP contribution is 2.23. The molecule has 0 radical (unpaired) electrons. The minimum atomic E-state index is -0.157. The van der Waals surface area contributed by atoms with Crippen molar-refractivity contribution >= 4 is 11.6 Å². The summed E-state index contributed by atoms with van der Waals surface area (Å²) in [7, 11) is 0. The van der Waals surface area contributed by atoms with Gasteiger partial charge < -0.3 is 11.1 Å². The lowest BCUT2D eigenvalue weighted by molar-refractivity contribution is 0.102. The molecule has 4 heteroatoms. The zero-order chi connectivity index (χ0) is 15.5. The number of carbonyl (C=O) groups is 1. The summed E-state index contributed by atoms with van der Waals surface area (Å²) in [6, 6.07) is 11.3. The van der Waals surface area contributed by atoms with Gasteiger partial charge in [-0.3, -0.25) is 9.78 Å². The van der Waals surface area contributed by atoms with Gasteiger partial charge in [-0.1, -0.05) is 32.9 Å². The summed E-state index contributed by atoms with van der Waals surface area (Å²) in [4.78, 5) is 16.3. The third kappa shape index (κ3) is 3.89. The smallest absolute Gasteiger partial charge is 0.255 e. The molecule has 0 aliphatic carbocycles. The van der Waals surface area contributed by atoms with Gasteiger partial charge in [0.15, 0.2) is 0 Å². The number of nitrogens with two attached hydrogens (primary N) is 1. The van der Waals surface area contributed by atoms with Crippen molar-refractivity contribution in [3.05, 3.63) is 59.4 Å². The number of hydrogen-bond donors (Lipinski definition) is 2. The van der Waals surface area contributed by atoms with Crippen LogP contribution < -0.4 is 11.1 Å². The van der Waals surface area contributed by atoms with Crippen LogP contribution >= 0.6 is 0 Å². The molecule has 3 N–H and O–H groups in total. The number of nitrogens with zero attached hydrogens (tertiary/aromatic N) is 1. The molecule has 1 heterocycles. The number of anilines is 1. The maximum atomic E-state index is 12.2. The Labute approximate surface area is 125 Å². The number of nitrogens with one attached hydrogen (secondary N) is 1. The molecule has 0 aliphatic rings. The minimum absolute atomic E-state index is 0.101. The van der Waals surface area contributed by atoms with Crippen LogP contribution in [0.3, 0.4) is 0 Å². The highest BCUT2D eigenvalue weighted by atomic mass is 16.1. The fraction of sp³-hybridized carbons (Fsp3) is 0.294. The molecule has 0 saturated heterocycles. The average molecular weight is 283 g/mol. The number of hydrogen-bond acceptors (Lipinski definition) is 3. The van der Waals surface area contributed by atoms with E-state index in [1.807, 2.05) is 24.3 Å². The topological polar surface area (TPSA) is 68.0 Å². The first-order valence-corrected chi connectivity index (χ1v) is 6.97. The lowest BCUT2D eigenvalue weighted by atomic mass is 9.87. The average Bonchev–Trinajstić information content (AvgIpc) is 2.47. The molecule has 110 valence electrons. The van der Waals surface area contributed by atoms with Crippen molar-refractivity contribution in [2.45, 2.75) is 32.7 Å². The molecule has 1 aromatic carbocycles. The fourth-order valence-corrected chi connectivity index (χ4v) is 1.99. The van der Waals surface area contributed by atoms with E-state index in [1.54, 1.807) is 18.3 Å². The Morgan fingerprint density at radius 3 is 2.43 bits per heavy atom. The summed E-state index contributed by atoms with van der Waals surface area (Å²) in [5, 5.41) is 2.88. The van der Waals surface area contributed by atoms with Crippen LogP contribution in [-0.2, 0) is 12.0 Å². The van der Waals surface area contributed by atoms with E-state index in [1.165, 1.54) is 5.56 Å². The van der Waals surface area contributed by atoms with Crippen LogP contribution in [0.25, 0.3) is 0 Å². The van der Waals surface area contributed by atoms with Crippen molar-refractivity contribution in [1.82, 2.24) is 4.98 Å². The maximum absolute atomic E-state index is 12.2. The second-order valence-corrected chi connectivity index (χ2v) is 6.02. The van der Waals surface area contributed by atoms with Crippen LogP contribution in [0, 0.1) is 0 Å². The summed E-state index contributed by atoms with van der Waals surface area (Å²) >= 11 is 0. The fourth-order valence-electron chi connectivity index (χ4n) is 1.99. The SMILES string of the molecule is CC(C)(C)c1ccc(NC(=O)c2ccnc(CN)c2)cc1. The van der Waals surface area contributed by atoms with Gasteiger partial charge in [-0.05, 0) is 35.2 Å². The summed E-state index contributed by atoms with van der Waals surface area (Å²) < 4.78 is 0. The minimum Gasteiger partial charge on any atom is -0.325 e. The van der Waals surface area contributed by atoms with Crippen molar-refractivity contribution in [2.24, 2.45) is 5.73 Å². The van der Waals surface area contributed by atoms with Crippen molar-refractivity contribution in [3.63, 3.8) is 0 Å². The number of aromatic nitrogens is 1. The zero-order valence-electron chi connectivity index (χ0n) is 12.7. The first kappa shape index (κ1) is 15.2. The molecule has 0 spiro atoms. The molecule has 0 unspecified atom stereocenters. The molecular formula is C17H21N3O. The first-order valence-electron chi connectivity index (χ1n) is 6.97. The van der Waals surface area contributed by atoms with Gasteiger partial charge in [-0.15, -0.1) is 0 Å². The Morgan fingerprint density at radius 1 is 1.19 bits per heavy atom. The van der Waals surface area contributed by atoms with Crippen LogP contribution in [0.1, 0.15) is 42.4 Å². The van der Waals surface area contributed by atoms with Crippen molar-refractivity contribution in [2.75, 3.05) is 5.32 Å². The van der Waals surface area contributed by atoms with E-state index in [9.17, 15) is 4.79 Å². The molecule has 0 bridgehead atoms. The van der Waals surface area contributed by atoms with Gasteiger partial charge in [0.05, 0.1) is 5.69 Å². The Bertz CT molecular complexity index is 627. The number of rotatable bonds is 3. The molecule has 2 rings (SSSR count). The summed E-state index contributed by atoms with van der Waals surface area (Å²) in [5.74, 6) is -0.157. The van der Waals surface area contributed by atoms with E-state index in [0.717, 1.165) is 5.69 Å². The molecule has 2 aromatic rings. The Kier molecular flexibility index (Phi) is 4.38. The normalized spacial score (nSPS) is 11.2. The van der Waals surface area contributed by atoms with Crippen LogP contribution in [0.2, 0.25) is 0 Å². The molecule has 4 nitrogen and oxygen atoms in total. The number of pyridine rings is 1. The molecule has 1 aromatic heterocycles. The van der Waals surface area contributed by atoms with E-state index >= 15 is 0 Å². The van der Waals surface area contributed by atoms with Gasteiger partial charge in [0.25, 0.3) is 5.91 Å². The third-order valence-corrected chi connectivity index (χ3v) is 3.30. The second-order valence-electron chi connectivity index (χ2n) is 6.02. The van der Waals surface area contributed by atoms with Gasteiger partial charge in [0, 0.05) is 24.0 Å². The second kappa shape index (κ2) is 6.06. The Hall–Kier alpha value is -2.20. The lowest BCUT2D eigenvalue weighted by Gasteiger charge is -2.19. The molecule has 0 atom stereocenters. The summed E-state index contributed by atoms with van der Waals surface area (Å²) in [6.45, 7) is 6.80. The maximum Gasteiger partial charge on any atom is 0.255 e. The van der Waals surface area contributed by atoms with E-state index in [4.69, 9.17) is 5.73 Å². The molecule has 0 fully saturated rings. The van der Waals surface area contributed by atoms with Crippen LogP contribution in [-0.4, -0.2) is 10.9 Å². The first-order chi connectivity index (χ1) is 9.90. The molecular weight excluding hydrogens is 262 g/mol. The van der Waals surface area contributed by atoms with Crippen LogP contribution in [0.15, 0.2) is 42.6 Å². The van der Waals surface area contributed by atoms with Crippen LogP contribution in [0.4, 0.5) is 5.69 Å². The van der Waals surface area contributed by atoms with E-state index in [0.29, 0.717) is 17.8 Å². The van der Waals surface area contributed by atoms with Crippen molar-refractivity contribution in [1.29, 1.82) is 0 Å². The third-order valence-electron chi connectivity index (χ3n) is 3.30. The van der Waals surface area contributed by atoms with Gasteiger partial charge >= 0.3 is 0 Å². The van der Waals surface area contributed by atoms with Crippen LogP contribution in [0.5, 0.6) is 0 Å². The van der Waals surface area contributed by atoms with Gasteiger partial charge in [-0.2, -0.15) is 0 Å². The highest BCUT2D eigenvalue weighted by molar-refractivity contribution is 6.04.